The lowest BCUT2D eigenvalue weighted by atomic mass is 10.0. The van der Waals surface area contributed by atoms with Crippen LogP contribution in [-0.4, -0.2) is 19.6 Å². The fourth-order valence-corrected chi connectivity index (χ4v) is 2.70. The molecule has 21 heavy (non-hydrogen) atoms. The quantitative estimate of drug-likeness (QED) is 0.914. The first kappa shape index (κ1) is 13.9. The molecule has 0 bridgehead atoms. The van der Waals surface area contributed by atoms with E-state index in [1.807, 2.05) is 30.3 Å². The summed E-state index contributed by atoms with van der Waals surface area (Å²) >= 11 is 0. The summed E-state index contributed by atoms with van der Waals surface area (Å²) in [6.07, 6.45) is 0. The third-order valence-corrected chi connectivity index (χ3v) is 3.68. The van der Waals surface area contributed by atoms with Gasteiger partial charge in [-0.05, 0) is 5.56 Å². The minimum absolute atomic E-state index is 0.0104. The Bertz CT molecular complexity index is 608. The standard InChI is InChI=1S/C16H15F3N2/c17-12-8-13(18)16(14(19)9-12)21-7-6-20-15(10-21)11-4-2-1-3-5-11/h1-5,8-9,15,20H,6-7,10H2. The van der Waals surface area contributed by atoms with Crippen LogP contribution in [0, 0.1) is 17.5 Å². The number of nitrogens with one attached hydrogen (secondary N) is 1. The van der Waals surface area contributed by atoms with Gasteiger partial charge in [0.15, 0.2) is 11.6 Å². The molecule has 0 radical (unpaired) electrons. The van der Waals surface area contributed by atoms with E-state index in [-0.39, 0.29) is 11.7 Å². The highest BCUT2D eigenvalue weighted by Crippen LogP contribution is 2.28. The van der Waals surface area contributed by atoms with Crippen LogP contribution < -0.4 is 10.2 Å². The van der Waals surface area contributed by atoms with E-state index in [2.05, 4.69) is 5.32 Å². The lowest BCUT2D eigenvalue weighted by Gasteiger charge is -2.35. The zero-order chi connectivity index (χ0) is 14.8. The van der Waals surface area contributed by atoms with Gasteiger partial charge in [-0.3, -0.25) is 0 Å². The molecule has 1 N–H and O–H groups in total. The molecule has 1 heterocycles. The van der Waals surface area contributed by atoms with E-state index in [4.69, 9.17) is 0 Å². The molecule has 1 saturated heterocycles. The number of rotatable bonds is 2. The number of nitrogens with zero attached hydrogens (tertiary/aromatic N) is 1. The van der Waals surface area contributed by atoms with Crippen LogP contribution in [0.3, 0.4) is 0 Å². The molecule has 110 valence electrons. The Morgan fingerprint density at radius 2 is 1.67 bits per heavy atom. The van der Waals surface area contributed by atoms with Crippen LogP contribution in [0.15, 0.2) is 42.5 Å². The summed E-state index contributed by atoms with van der Waals surface area (Å²) in [6.45, 7) is 1.52. The molecule has 3 rings (SSSR count). The molecule has 0 aliphatic carbocycles. The number of piperazine rings is 1. The first-order valence-corrected chi connectivity index (χ1v) is 6.83. The normalized spacial score (nSPS) is 18.8. The molecule has 0 amide bonds. The highest BCUT2D eigenvalue weighted by atomic mass is 19.1. The van der Waals surface area contributed by atoms with E-state index in [1.54, 1.807) is 4.90 Å². The molecule has 2 aromatic rings. The third-order valence-electron chi connectivity index (χ3n) is 3.68. The molecule has 0 aromatic heterocycles. The molecule has 1 aliphatic rings. The monoisotopic (exact) mass is 292 g/mol. The van der Waals surface area contributed by atoms with Crippen molar-refractivity contribution >= 4 is 5.69 Å². The van der Waals surface area contributed by atoms with Gasteiger partial charge in [-0.2, -0.15) is 0 Å². The Hall–Kier alpha value is -2.01. The molecule has 0 saturated carbocycles. The minimum atomic E-state index is -0.900. The van der Waals surface area contributed by atoms with Crippen molar-refractivity contribution in [1.82, 2.24) is 5.32 Å². The molecule has 0 spiro atoms. The van der Waals surface area contributed by atoms with Gasteiger partial charge < -0.3 is 10.2 Å². The Kier molecular flexibility index (Phi) is 3.84. The zero-order valence-corrected chi connectivity index (χ0v) is 11.3. The van der Waals surface area contributed by atoms with Crippen molar-refractivity contribution < 1.29 is 13.2 Å². The Labute approximate surface area is 121 Å². The Morgan fingerprint density at radius 1 is 1.00 bits per heavy atom. The summed E-state index contributed by atoms with van der Waals surface area (Å²) in [6, 6.07) is 11.1. The zero-order valence-electron chi connectivity index (χ0n) is 11.3. The smallest absolute Gasteiger partial charge is 0.152 e. The highest BCUT2D eigenvalue weighted by molar-refractivity contribution is 5.50. The SMILES string of the molecule is Fc1cc(F)c(N2CCNC(c3ccccc3)C2)c(F)c1. The van der Waals surface area contributed by atoms with Crippen LogP contribution in [0.5, 0.6) is 0 Å². The maximum atomic E-state index is 13.9. The van der Waals surface area contributed by atoms with Crippen molar-refractivity contribution in [2.45, 2.75) is 6.04 Å². The van der Waals surface area contributed by atoms with Crippen molar-refractivity contribution in [2.75, 3.05) is 24.5 Å². The lowest BCUT2D eigenvalue weighted by molar-refractivity contribution is 0.456. The van der Waals surface area contributed by atoms with Crippen LogP contribution in [0.1, 0.15) is 11.6 Å². The number of hydrogen-bond donors (Lipinski definition) is 1. The van der Waals surface area contributed by atoms with Gasteiger partial charge >= 0.3 is 0 Å². The maximum absolute atomic E-state index is 13.9. The number of halogens is 3. The first-order valence-electron chi connectivity index (χ1n) is 6.83. The molecule has 2 nitrogen and oxygen atoms in total. The van der Waals surface area contributed by atoms with Gasteiger partial charge in [0.05, 0.1) is 0 Å². The van der Waals surface area contributed by atoms with E-state index in [0.29, 0.717) is 19.6 Å². The summed E-state index contributed by atoms with van der Waals surface area (Å²) < 4.78 is 40.8. The van der Waals surface area contributed by atoms with Gasteiger partial charge in [0.25, 0.3) is 0 Å². The van der Waals surface area contributed by atoms with Crippen molar-refractivity contribution in [3.05, 3.63) is 65.5 Å². The molecule has 1 unspecified atom stereocenters. The van der Waals surface area contributed by atoms with E-state index in [1.165, 1.54) is 0 Å². The number of hydrogen-bond acceptors (Lipinski definition) is 2. The van der Waals surface area contributed by atoms with Gasteiger partial charge in [-0.15, -0.1) is 0 Å². The summed E-state index contributed by atoms with van der Waals surface area (Å²) in [4.78, 5) is 1.62. The minimum Gasteiger partial charge on any atom is -0.364 e. The topological polar surface area (TPSA) is 15.3 Å². The van der Waals surface area contributed by atoms with Gasteiger partial charge in [0, 0.05) is 37.8 Å². The van der Waals surface area contributed by atoms with Gasteiger partial charge in [-0.1, -0.05) is 30.3 Å². The maximum Gasteiger partial charge on any atom is 0.152 e. The van der Waals surface area contributed by atoms with Crippen LogP contribution in [-0.2, 0) is 0 Å². The molecule has 5 heteroatoms. The van der Waals surface area contributed by atoms with Gasteiger partial charge in [0.1, 0.15) is 11.5 Å². The highest BCUT2D eigenvalue weighted by Gasteiger charge is 2.25. The first-order chi connectivity index (χ1) is 10.1. The van der Waals surface area contributed by atoms with Crippen molar-refractivity contribution in [2.24, 2.45) is 0 Å². The number of benzene rings is 2. The van der Waals surface area contributed by atoms with Crippen LogP contribution in [0.2, 0.25) is 0 Å². The second kappa shape index (κ2) is 5.77. The summed E-state index contributed by atoms with van der Waals surface area (Å²) in [7, 11) is 0. The molecule has 2 aromatic carbocycles. The largest absolute Gasteiger partial charge is 0.364 e. The summed E-state index contributed by atoms with van der Waals surface area (Å²) in [5.74, 6) is -2.62. The average Bonchev–Trinajstić information content (AvgIpc) is 2.47. The van der Waals surface area contributed by atoms with Crippen molar-refractivity contribution in [3.8, 4) is 0 Å². The Balaban J connectivity index is 1.87. The second-order valence-electron chi connectivity index (χ2n) is 5.08. The number of anilines is 1. The van der Waals surface area contributed by atoms with Gasteiger partial charge in [0.2, 0.25) is 0 Å². The second-order valence-corrected chi connectivity index (χ2v) is 5.08. The average molecular weight is 292 g/mol. The summed E-state index contributed by atoms with van der Waals surface area (Å²) in [5, 5.41) is 3.32. The van der Waals surface area contributed by atoms with Crippen molar-refractivity contribution in [3.63, 3.8) is 0 Å². The molecule has 1 fully saturated rings. The molecular weight excluding hydrogens is 277 g/mol. The van der Waals surface area contributed by atoms with Crippen LogP contribution in [0.25, 0.3) is 0 Å². The lowest BCUT2D eigenvalue weighted by Crippen LogP contribution is -2.46. The molecule has 1 atom stereocenters. The predicted molar refractivity (Wildman–Crippen MR) is 75.7 cm³/mol. The van der Waals surface area contributed by atoms with Gasteiger partial charge in [-0.25, -0.2) is 13.2 Å². The third kappa shape index (κ3) is 2.88. The van der Waals surface area contributed by atoms with Crippen molar-refractivity contribution in [1.29, 1.82) is 0 Å². The van der Waals surface area contributed by atoms with E-state index >= 15 is 0 Å². The van der Waals surface area contributed by atoms with Crippen LogP contribution in [0.4, 0.5) is 18.9 Å². The molecular formula is C16H15F3N2. The Morgan fingerprint density at radius 3 is 2.33 bits per heavy atom. The van der Waals surface area contributed by atoms with E-state index in [0.717, 1.165) is 17.7 Å². The van der Waals surface area contributed by atoms with Crippen LogP contribution >= 0.6 is 0 Å². The summed E-state index contributed by atoms with van der Waals surface area (Å²) in [5.41, 5.74) is 0.906. The molecule has 1 aliphatic heterocycles. The fourth-order valence-electron chi connectivity index (χ4n) is 2.70. The fraction of sp³-hybridized carbons (Fsp3) is 0.250. The van der Waals surface area contributed by atoms with E-state index < -0.39 is 17.5 Å². The van der Waals surface area contributed by atoms with E-state index in [9.17, 15) is 13.2 Å². The predicted octanol–water partition coefficient (Wildman–Crippen LogP) is 3.25.